The maximum absolute atomic E-state index is 6.43. The van der Waals surface area contributed by atoms with Crippen LogP contribution in [0.25, 0.3) is 0 Å². The maximum Gasteiger partial charge on any atom is 0.0300 e. The van der Waals surface area contributed by atoms with Crippen LogP contribution in [0.4, 0.5) is 0 Å². The van der Waals surface area contributed by atoms with Gasteiger partial charge in [-0.25, -0.2) is 0 Å². The Bertz CT molecular complexity index is 571. The lowest BCUT2D eigenvalue weighted by Crippen LogP contribution is -2.18. The van der Waals surface area contributed by atoms with Crippen molar-refractivity contribution in [3.63, 3.8) is 0 Å². The van der Waals surface area contributed by atoms with Crippen LogP contribution >= 0.6 is 0 Å². The molecule has 2 aromatic carbocycles. The van der Waals surface area contributed by atoms with Gasteiger partial charge in [-0.15, -0.1) is 0 Å². The summed E-state index contributed by atoms with van der Waals surface area (Å²) in [7, 11) is 0. The highest BCUT2D eigenvalue weighted by molar-refractivity contribution is 5.33. The van der Waals surface area contributed by atoms with Crippen molar-refractivity contribution in [3.8, 4) is 0 Å². The Morgan fingerprint density at radius 2 is 1.85 bits per heavy atom. The largest absolute Gasteiger partial charge is 0.324 e. The SMILES string of the molecule is Cc1ccc(C(N)CC2CCCc3ccccc32)cc1. The molecule has 1 aliphatic rings. The van der Waals surface area contributed by atoms with Crippen LogP contribution in [-0.2, 0) is 6.42 Å². The number of nitrogens with two attached hydrogens (primary N) is 1. The fourth-order valence-electron chi connectivity index (χ4n) is 3.36. The van der Waals surface area contributed by atoms with E-state index in [9.17, 15) is 0 Å². The molecule has 0 spiro atoms. The van der Waals surface area contributed by atoms with Gasteiger partial charge in [0.2, 0.25) is 0 Å². The van der Waals surface area contributed by atoms with E-state index in [-0.39, 0.29) is 6.04 Å². The molecular formula is C19H23N. The Balaban J connectivity index is 1.77. The minimum absolute atomic E-state index is 0.145. The van der Waals surface area contributed by atoms with E-state index in [1.807, 2.05) is 0 Å². The topological polar surface area (TPSA) is 26.0 Å². The van der Waals surface area contributed by atoms with Gasteiger partial charge in [0, 0.05) is 6.04 Å². The molecule has 2 unspecified atom stereocenters. The minimum Gasteiger partial charge on any atom is -0.324 e. The number of benzene rings is 2. The fourth-order valence-corrected chi connectivity index (χ4v) is 3.36. The molecule has 2 aromatic rings. The summed E-state index contributed by atoms with van der Waals surface area (Å²) in [5.74, 6) is 0.622. The second-order valence-electron chi connectivity index (χ2n) is 6.04. The average molecular weight is 265 g/mol. The molecule has 0 radical (unpaired) electrons. The molecule has 2 N–H and O–H groups in total. The third-order valence-electron chi connectivity index (χ3n) is 4.54. The van der Waals surface area contributed by atoms with E-state index < -0.39 is 0 Å². The van der Waals surface area contributed by atoms with Gasteiger partial charge in [-0.05, 0) is 55.2 Å². The van der Waals surface area contributed by atoms with E-state index in [1.54, 1.807) is 0 Å². The van der Waals surface area contributed by atoms with Crippen molar-refractivity contribution in [3.05, 3.63) is 70.8 Å². The molecule has 2 atom stereocenters. The zero-order chi connectivity index (χ0) is 13.9. The Kier molecular flexibility index (Phi) is 3.88. The lowest BCUT2D eigenvalue weighted by molar-refractivity contribution is 0.476. The van der Waals surface area contributed by atoms with E-state index in [4.69, 9.17) is 5.73 Å². The molecule has 0 saturated carbocycles. The smallest absolute Gasteiger partial charge is 0.0300 e. The normalized spacial score (nSPS) is 19.4. The third-order valence-corrected chi connectivity index (χ3v) is 4.54. The van der Waals surface area contributed by atoms with Gasteiger partial charge in [-0.3, -0.25) is 0 Å². The number of hydrogen-bond donors (Lipinski definition) is 1. The molecule has 3 rings (SSSR count). The van der Waals surface area contributed by atoms with Crippen molar-refractivity contribution in [1.82, 2.24) is 0 Å². The van der Waals surface area contributed by atoms with Crippen LogP contribution in [0.5, 0.6) is 0 Å². The molecule has 0 fully saturated rings. The van der Waals surface area contributed by atoms with Gasteiger partial charge in [0.25, 0.3) is 0 Å². The molecule has 0 heterocycles. The summed E-state index contributed by atoms with van der Waals surface area (Å²) in [5.41, 5.74) is 12.0. The van der Waals surface area contributed by atoms with Crippen LogP contribution in [-0.4, -0.2) is 0 Å². The van der Waals surface area contributed by atoms with Gasteiger partial charge in [-0.2, -0.15) is 0 Å². The summed E-state index contributed by atoms with van der Waals surface area (Å²) in [5, 5.41) is 0. The van der Waals surface area contributed by atoms with Gasteiger partial charge in [0.15, 0.2) is 0 Å². The number of fused-ring (bicyclic) bond motifs is 1. The Labute approximate surface area is 121 Å². The Morgan fingerprint density at radius 1 is 1.10 bits per heavy atom. The molecule has 104 valence electrons. The highest BCUT2D eigenvalue weighted by atomic mass is 14.6. The standard InChI is InChI=1S/C19H23N/c1-14-9-11-16(12-10-14)19(20)13-17-7-4-6-15-5-2-3-8-18(15)17/h2-3,5,8-12,17,19H,4,6-7,13,20H2,1H3. The number of hydrogen-bond acceptors (Lipinski definition) is 1. The first-order chi connectivity index (χ1) is 9.74. The van der Waals surface area contributed by atoms with E-state index in [0.29, 0.717) is 5.92 Å². The molecule has 0 saturated heterocycles. The van der Waals surface area contributed by atoms with Crippen LogP contribution in [0.15, 0.2) is 48.5 Å². The number of aryl methyl sites for hydroxylation is 2. The average Bonchev–Trinajstić information content (AvgIpc) is 2.48. The van der Waals surface area contributed by atoms with Gasteiger partial charge in [0.1, 0.15) is 0 Å². The van der Waals surface area contributed by atoms with Gasteiger partial charge in [-0.1, -0.05) is 54.1 Å². The van der Waals surface area contributed by atoms with Gasteiger partial charge >= 0.3 is 0 Å². The lowest BCUT2D eigenvalue weighted by atomic mass is 9.79. The van der Waals surface area contributed by atoms with Crippen LogP contribution in [0.2, 0.25) is 0 Å². The van der Waals surface area contributed by atoms with Crippen molar-refractivity contribution in [2.24, 2.45) is 5.73 Å². The summed E-state index contributed by atoms with van der Waals surface area (Å²) in [6, 6.07) is 17.7. The molecule has 0 bridgehead atoms. The molecular weight excluding hydrogens is 242 g/mol. The molecule has 0 amide bonds. The van der Waals surface area contributed by atoms with Crippen LogP contribution in [0.3, 0.4) is 0 Å². The lowest BCUT2D eigenvalue weighted by Gasteiger charge is -2.28. The van der Waals surface area contributed by atoms with Crippen molar-refractivity contribution in [2.45, 2.75) is 44.6 Å². The van der Waals surface area contributed by atoms with Crippen molar-refractivity contribution in [2.75, 3.05) is 0 Å². The molecule has 0 aromatic heterocycles. The summed E-state index contributed by atoms with van der Waals surface area (Å²) in [6.07, 6.45) is 4.85. The first-order valence-corrected chi connectivity index (χ1v) is 7.64. The summed E-state index contributed by atoms with van der Waals surface area (Å²) < 4.78 is 0. The zero-order valence-corrected chi connectivity index (χ0v) is 12.2. The second-order valence-corrected chi connectivity index (χ2v) is 6.04. The Hall–Kier alpha value is -1.60. The summed E-state index contributed by atoms with van der Waals surface area (Å²) >= 11 is 0. The zero-order valence-electron chi connectivity index (χ0n) is 12.2. The fraction of sp³-hybridized carbons (Fsp3) is 0.368. The van der Waals surface area contributed by atoms with E-state index >= 15 is 0 Å². The quantitative estimate of drug-likeness (QED) is 0.868. The monoisotopic (exact) mass is 265 g/mol. The van der Waals surface area contributed by atoms with Gasteiger partial charge < -0.3 is 5.73 Å². The van der Waals surface area contributed by atoms with Crippen LogP contribution in [0.1, 0.15) is 53.5 Å². The van der Waals surface area contributed by atoms with E-state index in [0.717, 1.165) is 6.42 Å². The first-order valence-electron chi connectivity index (χ1n) is 7.64. The highest BCUT2D eigenvalue weighted by Crippen LogP contribution is 2.36. The highest BCUT2D eigenvalue weighted by Gasteiger charge is 2.22. The molecule has 20 heavy (non-hydrogen) atoms. The third kappa shape index (κ3) is 2.78. The Morgan fingerprint density at radius 3 is 2.65 bits per heavy atom. The molecule has 1 nitrogen and oxygen atoms in total. The molecule has 1 heteroatoms. The number of rotatable bonds is 3. The van der Waals surface area contributed by atoms with Crippen molar-refractivity contribution in [1.29, 1.82) is 0 Å². The predicted octanol–water partition coefficient (Wildman–Crippen LogP) is 4.51. The first kappa shape index (κ1) is 13.4. The summed E-state index contributed by atoms with van der Waals surface area (Å²) in [4.78, 5) is 0. The van der Waals surface area contributed by atoms with Crippen LogP contribution < -0.4 is 5.73 Å². The van der Waals surface area contributed by atoms with E-state index in [1.165, 1.54) is 41.5 Å². The van der Waals surface area contributed by atoms with Crippen LogP contribution in [0, 0.1) is 6.92 Å². The predicted molar refractivity (Wildman–Crippen MR) is 84.8 cm³/mol. The molecule has 0 aliphatic heterocycles. The van der Waals surface area contributed by atoms with Crippen molar-refractivity contribution >= 4 is 0 Å². The minimum atomic E-state index is 0.145. The molecule has 1 aliphatic carbocycles. The maximum atomic E-state index is 6.43. The van der Waals surface area contributed by atoms with Gasteiger partial charge in [0.05, 0.1) is 0 Å². The van der Waals surface area contributed by atoms with E-state index in [2.05, 4.69) is 55.5 Å². The summed E-state index contributed by atoms with van der Waals surface area (Å²) in [6.45, 7) is 2.12. The van der Waals surface area contributed by atoms with Crippen molar-refractivity contribution < 1.29 is 0 Å². The second kappa shape index (κ2) is 5.80.